The van der Waals surface area contributed by atoms with E-state index < -0.39 is 10.2 Å². The van der Waals surface area contributed by atoms with Crippen LogP contribution in [0.3, 0.4) is 0 Å². The molecular formula is C15H33N3O2S. The van der Waals surface area contributed by atoms with Gasteiger partial charge in [-0.1, -0.05) is 33.1 Å². The molecule has 126 valence electrons. The van der Waals surface area contributed by atoms with E-state index in [2.05, 4.69) is 23.9 Å². The summed E-state index contributed by atoms with van der Waals surface area (Å²) in [5.41, 5.74) is 0. The first-order valence-corrected chi connectivity index (χ1v) is 9.86. The molecule has 0 spiro atoms. The van der Waals surface area contributed by atoms with Gasteiger partial charge in [0.05, 0.1) is 0 Å². The summed E-state index contributed by atoms with van der Waals surface area (Å²) in [6.45, 7) is 7.07. The number of nitrogens with one attached hydrogen (secondary N) is 2. The van der Waals surface area contributed by atoms with Crippen LogP contribution in [0.4, 0.5) is 0 Å². The Morgan fingerprint density at radius 1 is 1.33 bits per heavy atom. The molecule has 0 aromatic heterocycles. The van der Waals surface area contributed by atoms with Gasteiger partial charge in [-0.05, 0) is 44.7 Å². The Morgan fingerprint density at radius 2 is 2.10 bits per heavy atom. The molecule has 2 N–H and O–H groups in total. The molecule has 2 unspecified atom stereocenters. The van der Waals surface area contributed by atoms with E-state index in [0.29, 0.717) is 31.5 Å². The van der Waals surface area contributed by atoms with Crippen molar-refractivity contribution >= 4 is 10.2 Å². The third-order valence-corrected chi connectivity index (χ3v) is 5.96. The van der Waals surface area contributed by atoms with E-state index in [9.17, 15) is 8.42 Å². The molecule has 0 aromatic carbocycles. The van der Waals surface area contributed by atoms with Crippen LogP contribution in [-0.4, -0.2) is 45.9 Å². The second kappa shape index (κ2) is 9.77. The predicted octanol–water partition coefficient (Wildman–Crippen LogP) is 1.97. The zero-order chi connectivity index (χ0) is 15.7. The van der Waals surface area contributed by atoms with Crippen LogP contribution in [0.2, 0.25) is 0 Å². The third kappa shape index (κ3) is 6.63. The van der Waals surface area contributed by atoms with Crippen molar-refractivity contribution in [3.63, 3.8) is 0 Å². The molecule has 5 nitrogen and oxygen atoms in total. The van der Waals surface area contributed by atoms with Gasteiger partial charge in [-0.3, -0.25) is 0 Å². The minimum Gasteiger partial charge on any atom is -0.319 e. The van der Waals surface area contributed by atoms with E-state index >= 15 is 0 Å². The second-order valence-electron chi connectivity index (χ2n) is 6.19. The van der Waals surface area contributed by atoms with Crippen molar-refractivity contribution in [2.24, 2.45) is 11.8 Å². The van der Waals surface area contributed by atoms with Crippen LogP contribution in [0.25, 0.3) is 0 Å². The van der Waals surface area contributed by atoms with Crippen molar-refractivity contribution in [1.29, 1.82) is 0 Å². The summed E-state index contributed by atoms with van der Waals surface area (Å²) in [5, 5.41) is 3.15. The van der Waals surface area contributed by atoms with Crippen molar-refractivity contribution in [1.82, 2.24) is 14.3 Å². The van der Waals surface area contributed by atoms with E-state index in [0.717, 1.165) is 32.2 Å². The summed E-state index contributed by atoms with van der Waals surface area (Å²) >= 11 is 0. The van der Waals surface area contributed by atoms with Gasteiger partial charge >= 0.3 is 0 Å². The monoisotopic (exact) mass is 319 g/mol. The lowest BCUT2D eigenvalue weighted by Gasteiger charge is -2.32. The molecule has 2 atom stereocenters. The minimum absolute atomic E-state index is 0.433. The van der Waals surface area contributed by atoms with E-state index in [-0.39, 0.29) is 0 Å². The molecule has 0 saturated carbocycles. The number of hydrogen-bond acceptors (Lipinski definition) is 3. The topological polar surface area (TPSA) is 61.4 Å². The summed E-state index contributed by atoms with van der Waals surface area (Å²) < 4.78 is 29.3. The number of piperidine rings is 1. The molecular weight excluding hydrogens is 286 g/mol. The molecule has 0 aromatic rings. The fraction of sp³-hybridized carbons (Fsp3) is 1.00. The summed E-state index contributed by atoms with van der Waals surface area (Å²) in [6, 6.07) is 0. The van der Waals surface area contributed by atoms with E-state index in [1.165, 1.54) is 12.8 Å². The zero-order valence-corrected chi connectivity index (χ0v) is 14.7. The quantitative estimate of drug-likeness (QED) is 0.647. The van der Waals surface area contributed by atoms with Gasteiger partial charge in [-0.15, -0.1) is 0 Å². The van der Waals surface area contributed by atoms with Crippen molar-refractivity contribution in [2.75, 3.05) is 33.2 Å². The number of rotatable bonds is 10. The maximum absolute atomic E-state index is 12.4. The standard InChI is InChI=1S/C15H33N3O2S/c1-4-6-8-14(5-2)12-17-21(19,20)18-10-7-9-15(13-18)11-16-3/h14-17H,4-13H2,1-3H3. The fourth-order valence-electron chi connectivity index (χ4n) is 2.96. The Balaban J connectivity index is 2.47. The van der Waals surface area contributed by atoms with Crippen molar-refractivity contribution in [3.05, 3.63) is 0 Å². The van der Waals surface area contributed by atoms with Crippen LogP contribution in [0.1, 0.15) is 52.4 Å². The van der Waals surface area contributed by atoms with Crippen LogP contribution in [0.15, 0.2) is 0 Å². The summed E-state index contributed by atoms with van der Waals surface area (Å²) in [6.07, 6.45) is 6.55. The van der Waals surface area contributed by atoms with Gasteiger partial charge in [0, 0.05) is 19.6 Å². The van der Waals surface area contributed by atoms with Gasteiger partial charge in [0.2, 0.25) is 0 Å². The molecule has 1 aliphatic heterocycles. The minimum atomic E-state index is -3.31. The van der Waals surface area contributed by atoms with Gasteiger partial charge in [-0.25, -0.2) is 4.72 Å². The Kier molecular flexibility index (Phi) is 8.78. The first-order chi connectivity index (χ1) is 10.0. The lowest BCUT2D eigenvalue weighted by atomic mass is 10.00. The Bertz CT molecular complexity index is 371. The molecule has 1 aliphatic rings. The molecule has 1 fully saturated rings. The molecule has 0 amide bonds. The van der Waals surface area contributed by atoms with Crippen LogP contribution in [0.5, 0.6) is 0 Å². The molecule has 21 heavy (non-hydrogen) atoms. The number of hydrogen-bond donors (Lipinski definition) is 2. The molecule has 1 saturated heterocycles. The fourth-order valence-corrected chi connectivity index (χ4v) is 4.36. The maximum Gasteiger partial charge on any atom is 0.279 e. The maximum atomic E-state index is 12.4. The summed E-state index contributed by atoms with van der Waals surface area (Å²) in [4.78, 5) is 0. The van der Waals surface area contributed by atoms with E-state index in [1.54, 1.807) is 4.31 Å². The SMILES string of the molecule is CCCCC(CC)CNS(=O)(=O)N1CCCC(CNC)C1. The highest BCUT2D eigenvalue weighted by molar-refractivity contribution is 7.87. The molecule has 0 radical (unpaired) electrons. The molecule has 0 bridgehead atoms. The Labute approximate surface area is 131 Å². The van der Waals surface area contributed by atoms with E-state index in [4.69, 9.17) is 0 Å². The smallest absolute Gasteiger partial charge is 0.279 e. The average Bonchev–Trinajstić information content (AvgIpc) is 2.48. The van der Waals surface area contributed by atoms with E-state index in [1.807, 2.05) is 7.05 Å². The average molecular weight is 320 g/mol. The Morgan fingerprint density at radius 3 is 2.71 bits per heavy atom. The third-order valence-electron chi connectivity index (χ3n) is 4.41. The highest BCUT2D eigenvalue weighted by Gasteiger charge is 2.28. The zero-order valence-electron chi connectivity index (χ0n) is 13.9. The molecule has 0 aliphatic carbocycles. The summed E-state index contributed by atoms with van der Waals surface area (Å²) in [7, 11) is -1.39. The van der Waals surface area contributed by atoms with Crippen LogP contribution < -0.4 is 10.0 Å². The Hall–Kier alpha value is -0.170. The number of unbranched alkanes of at least 4 members (excludes halogenated alkanes) is 1. The number of nitrogens with zero attached hydrogens (tertiary/aromatic N) is 1. The van der Waals surface area contributed by atoms with Gasteiger partial charge in [0.15, 0.2) is 0 Å². The van der Waals surface area contributed by atoms with Crippen molar-refractivity contribution in [3.8, 4) is 0 Å². The van der Waals surface area contributed by atoms with Crippen LogP contribution >= 0.6 is 0 Å². The first kappa shape index (κ1) is 18.9. The molecule has 1 rings (SSSR count). The second-order valence-corrected chi connectivity index (χ2v) is 7.95. The van der Waals surface area contributed by atoms with Gasteiger partial charge in [0.25, 0.3) is 10.2 Å². The lowest BCUT2D eigenvalue weighted by Crippen LogP contribution is -2.48. The predicted molar refractivity (Wildman–Crippen MR) is 88.5 cm³/mol. The molecule has 1 heterocycles. The van der Waals surface area contributed by atoms with Crippen molar-refractivity contribution < 1.29 is 8.42 Å². The first-order valence-electron chi connectivity index (χ1n) is 8.42. The summed E-state index contributed by atoms with van der Waals surface area (Å²) in [5.74, 6) is 0.889. The largest absolute Gasteiger partial charge is 0.319 e. The highest BCUT2D eigenvalue weighted by atomic mass is 32.2. The molecule has 6 heteroatoms. The van der Waals surface area contributed by atoms with Crippen LogP contribution in [-0.2, 0) is 10.2 Å². The highest BCUT2D eigenvalue weighted by Crippen LogP contribution is 2.18. The normalized spacial score (nSPS) is 22.3. The van der Waals surface area contributed by atoms with Gasteiger partial charge in [-0.2, -0.15) is 12.7 Å². The van der Waals surface area contributed by atoms with Gasteiger partial charge < -0.3 is 5.32 Å². The van der Waals surface area contributed by atoms with Crippen molar-refractivity contribution in [2.45, 2.75) is 52.4 Å². The van der Waals surface area contributed by atoms with Gasteiger partial charge in [0.1, 0.15) is 0 Å². The lowest BCUT2D eigenvalue weighted by molar-refractivity contribution is 0.260. The van der Waals surface area contributed by atoms with Crippen LogP contribution in [0, 0.1) is 11.8 Å².